The molecular weight excluding hydrogens is 314 g/mol. The molecule has 0 aliphatic heterocycles. The Kier molecular flexibility index (Phi) is 5.26. The van der Waals surface area contributed by atoms with Crippen LogP contribution >= 0.6 is 0 Å². The van der Waals surface area contributed by atoms with E-state index in [-0.39, 0.29) is 5.56 Å². The lowest BCUT2D eigenvalue weighted by molar-refractivity contribution is 0.581. The maximum atomic E-state index is 13.6. The fourth-order valence-corrected chi connectivity index (χ4v) is 2.71. The molecule has 1 atom stereocenters. The van der Waals surface area contributed by atoms with Gasteiger partial charge in [0.15, 0.2) is 0 Å². The zero-order valence-corrected chi connectivity index (χ0v) is 14.0. The van der Waals surface area contributed by atoms with Gasteiger partial charge in [0.05, 0.1) is 5.56 Å². The van der Waals surface area contributed by atoms with Crippen molar-refractivity contribution in [3.63, 3.8) is 0 Å². The minimum absolute atomic E-state index is 0.197. The summed E-state index contributed by atoms with van der Waals surface area (Å²) in [6.07, 6.45) is 0.949. The van der Waals surface area contributed by atoms with Crippen LogP contribution in [0.15, 0.2) is 72.8 Å². The molecule has 0 radical (unpaired) electrons. The lowest BCUT2D eigenvalue weighted by atomic mass is 9.93. The van der Waals surface area contributed by atoms with Crippen molar-refractivity contribution in [3.8, 4) is 11.8 Å². The monoisotopic (exact) mass is 332 g/mol. The third kappa shape index (κ3) is 4.55. The molecule has 0 fully saturated rings. The van der Waals surface area contributed by atoms with E-state index in [9.17, 15) is 8.78 Å². The van der Waals surface area contributed by atoms with Crippen molar-refractivity contribution in [3.05, 3.63) is 107 Å². The molecule has 124 valence electrons. The topological polar surface area (TPSA) is 0 Å². The zero-order chi connectivity index (χ0) is 17.6. The summed E-state index contributed by atoms with van der Waals surface area (Å²) >= 11 is 0. The predicted octanol–water partition coefficient (Wildman–Crippen LogP) is 5.71. The van der Waals surface area contributed by atoms with Crippen molar-refractivity contribution in [2.45, 2.75) is 19.3 Å². The number of benzene rings is 3. The fraction of sp³-hybridized carbons (Fsp3) is 0.130. The molecule has 25 heavy (non-hydrogen) atoms. The molecule has 0 aliphatic rings. The molecule has 0 bridgehead atoms. The first-order chi connectivity index (χ1) is 12.1. The lowest BCUT2D eigenvalue weighted by Gasteiger charge is -2.11. The molecule has 2 heteroatoms. The Morgan fingerprint density at radius 2 is 1.56 bits per heavy atom. The van der Waals surface area contributed by atoms with Gasteiger partial charge in [0.2, 0.25) is 0 Å². The SMILES string of the molecule is C[C@H](Cc1ccc(C#Cc2ccc(F)cc2F)cc1)c1ccccc1. The Bertz CT molecular complexity index is 900. The van der Waals surface area contributed by atoms with Crippen LogP contribution < -0.4 is 0 Å². The van der Waals surface area contributed by atoms with E-state index in [2.05, 4.69) is 43.0 Å². The third-order valence-corrected chi connectivity index (χ3v) is 4.14. The standard InChI is InChI=1S/C23H18F2/c1-17(20-5-3-2-4-6-20)15-19-9-7-18(8-10-19)11-12-21-13-14-22(24)16-23(21)25/h2-10,13-14,16-17H,15H2,1H3/t17-/m1/s1. The summed E-state index contributed by atoms with van der Waals surface area (Å²) in [5, 5.41) is 0. The molecule has 0 saturated carbocycles. The minimum atomic E-state index is -0.638. The normalized spacial score (nSPS) is 11.5. The van der Waals surface area contributed by atoms with Gasteiger partial charge in [-0.1, -0.05) is 61.2 Å². The van der Waals surface area contributed by atoms with E-state index in [0.717, 1.165) is 18.1 Å². The van der Waals surface area contributed by atoms with E-state index in [1.54, 1.807) is 0 Å². The van der Waals surface area contributed by atoms with E-state index in [1.807, 2.05) is 30.3 Å². The number of halogens is 2. The first-order valence-electron chi connectivity index (χ1n) is 8.23. The Morgan fingerprint density at radius 3 is 2.24 bits per heavy atom. The van der Waals surface area contributed by atoms with Crippen molar-refractivity contribution in [2.75, 3.05) is 0 Å². The van der Waals surface area contributed by atoms with Crippen LogP contribution in [0, 0.1) is 23.5 Å². The van der Waals surface area contributed by atoms with Crippen LogP contribution in [0.25, 0.3) is 0 Å². The largest absolute Gasteiger partial charge is 0.207 e. The first kappa shape index (κ1) is 16.9. The number of hydrogen-bond acceptors (Lipinski definition) is 0. The highest BCUT2D eigenvalue weighted by atomic mass is 19.1. The second-order valence-corrected chi connectivity index (χ2v) is 6.09. The predicted molar refractivity (Wildman–Crippen MR) is 97.3 cm³/mol. The Labute approximate surface area is 147 Å². The first-order valence-corrected chi connectivity index (χ1v) is 8.23. The van der Waals surface area contributed by atoms with Crippen LogP contribution in [0.2, 0.25) is 0 Å². The van der Waals surface area contributed by atoms with E-state index >= 15 is 0 Å². The summed E-state index contributed by atoms with van der Waals surface area (Å²) in [7, 11) is 0. The van der Waals surface area contributed by atoms with Crippen LogP contribution in [0.5, 0.6) is 0 Å². The molecule has 0 aliphatic carbocycles. The second-order valence-electron chi connectivity index (χ2n) is 6.09. The smallest absolute Gasteiger partial charge is 0.141 e. The Balaban J connectivity index is 1.70. The summed E-state index contributed by atoms with van der Waals surface area (Å²) in [4.78, 5) is 0. The van der Waals surface area contributed by atoms with Crippen molar-refractivity contribution in [1.82, 2.24) is 0 Å². The number of hydrogen-bond donors (Lipinski definition) is 0. The molecule has 0 heterocycles. The molecule has 0 spiro atoms. The fourth-order valence-electron chi connectivity index (χ4n) is 2.71. The minimum Gasteiger partial charge on any atom is -0.207 e. The van der Waals surface area contributed by atoms with Crippen LogP contribution in [0.3, 0.4) is 0 Å². The molecule has 3 rings (SSSR count). The van der Waals surface area contributed by atoms with E-state index in [4.69, 9.17) is 0 Å². The second kappa shape index (κ2) is 7.77. The molecule has 3 aromatic rings. The van der Waals surface area contributed by atoms with Crippen LogP contribution in [0.1, 0.15) is 35.1 Å². The van der Waals surface area contributed by atoms with Gasteiger partial charge >= 0.3 is 0 Å². The van der Waals surface area contributed by atoms with E-state index < -0.39 is 11.6 Å². The highest BCUT2D eigenvalue weighted by Gasteiger charge is 2.06. The maximum absolute atomic E-state index is 13.6. The molecule has 0 amide bonds. The summed E-state index contributed by atoms with van der Waals surface area (Å²) in [5.74, 6) is 4.87. The quantitative estimate of drug-likeness (QED) is 0.539. The van der Waals surface area contributed by atoms with Gasteiger partial charge in [-0.05, 0) is 47.7 Å². The molecule has 0 nitrogen and oxygen atoms in total. The van der Waals surface area contributed by atoms with E-state index in [1.165, 1.54) is 23.3 Å². The molecular formula is C23H18F2. The summed E-state index contributed by atoms with van der Waals surface area (Å²) in [6, 6.07) is 21.8. The highest BCUT2D eigenvalue weighted by Crippen LogP contribution is 2.20. The summed E-state index contributed by atoms with van der Waals surface area (Å²) in [6.45, 7) is 2.21. The summed E-state index contributed by atoms with van der Waals surface area (Å²) in [5.41, 5.74) is 3.55. The molecule has 0 N–H and O–H groups in total. The summed E-state index contributed by atoms with van der Waals surface area (Å²) < 4.78 is 26.5. The van der Waals surface area contributed by atoms with Crippen molar-refractivity contribution >= 4 is 0 Å². The van der Waals surface area contributed by atoms with Gasteiger partial charge in [-0.3, -0.25) is 0 Å². The van der Waals surface area contributed by atoms with Crippen LogP contribution in [-0.2, 0) is 6.42 Å². The molecule has 0 aromatic heterocycles. The van der Waals surface area contributed by atoms with Gasteiger partial charge < -0.3 is 0 Å². The van der Waals surface area contributed by atoms with Gasteiger partial charge in [-0.25, -0.2) is 8.78 Å². The van der Waals surface area contributed by atoms with Crippen molar-refractivity contribution in [1.29, 1.82) is 0 Å². The number of rotatable bonds is 3. The van der Waals surface area contributed by atoms with Crippen LogP contribution in [-0.4, -0.2) is 0 Å². The third-order valence-electron chi connectivity index (χ3n) is 4.14. The van der Waals surface area contributed by atoms with Crippen molar-refractivity contribution < 1.29 is 8.78 Å². The highest BCUT2D eigenvalue weighted by molar-refractivity contribution is 5.44. The zero-order valence-electron chi connectivity index (χ0n) is 14.0. The van der Waals surface area contributed by atoms with Gasteiger partial charge in [0.1, 0.15) is 11.6 Å². The molecule has 0 unspecified atom stereocenters. The van der Waals surface area contributed by atoms with Crippen LogP contribution in [0.4, 0.5) is 8.78 Å². The van der Waals surface area contributed by atoms with Crippen molar-refractivity contribution in [2.24, 2.45) is 0 Å². The molecule has 0 saturated heterocycles. The van der Waals surface area contributed by atoms with Gasteiger partial charge in [-0.15, -0.1) is 0 Å². The lowest BCUT2D eigenvalue weighted by Crippen LogP contribution is -1.98. The Hall–Kier alpha value is -2.92. The Morgan fingerprint density at radius 1 is 0.840 bits per heavy atom. The van der Waals surface area contributed by atoms with Gasteiger partial charge in [-0.2, -0.15) is 0 Å². The molecule has 3 aromatic carbocycles. The van der Waals surface area contributed by atoms with Gasteiger partial charge in [0.25, 0.3) is 0 Å². The van der Waals surface area contributed by atoms with E-state index in [0.29, 0.717) is 5.92 Å². The van der Waals surface area contributed by atoms with Gasteiger partial charge in [0, 0.05) is 11.6 Å². The average molecular weight is 332 g/mol. The average Bonchev–Trinajstić information content (AvgIpc) is 2.63. The maximum Gasteiger partial charge on any atom is 0.141 e.